The molecule has 3 aromatic rings. The van der Waals surface area contributed by atoms with Gasteiger partial charge in [0.1, 0.15) is 5.82 Å². The molecule has 0 spiro atoms. The highest BCUT2D eigenvalue weighted by molar-refractivity contribution is 5.79. The fourth-order valence-corrected chi connectivity index (χ4v) is 3.04. The van der Waals surface area contributed by atoms with Crippen LogP contribution in [0.25, 0.3) is 5.65 Å². The van der Waals surface area contributed by atoms with E-state index in [1.807, 2.05) is 22.9 Å². The van der Waals surface area contributed by atoms with Crippen LogP contribution in [0.1, 0.15) is 16.8 Å². The molecule has 1 aliphatic rings. The number of morpholine rings is 1. The van der Waals surface area contributed by atoms with E-state index in [1.165, 1.54) is 5.56 Å². The van der Waals surface area contributed by atoms with Gasteiger partial charge in [-0.05, 0) is 12.5 Å². The summed E-state index contributed by atoms with van der Waals surface area (Å²) >= 11 is 0. The molecule has 0 atom stereocenters. The number of hydrogen-bond donors (Lipinski definition) is 0. The Balaban J connectivity index is 1.59. The molecule has 1 saturated heterocycles. The van der Waals surface area contributed by atoms with Crippen molar-refractivity contribution in [3.05, 3.63) is 59.4 Å². The number of ether oxygens (including phenoxy) is 1. The second-order valence-corrected chi connectivity index (χ2v) is 6.19. The molecule has 0 unspecified atom stereocenters. The van der Waals surface area contributed by atoms with Crippen LogP contribution in [-0.2, 0) is 11.3 Å². The van der Waals surface area contributed by atoms with Crippen molar-refractivity contribution < 1.29 is 4.74 Å². The van der Waals surface area contributed by atoms with Crippen molar-refractivity contribution in [1.82, 2.24) is 14.6 Å². The highest BCUT2D eigenvalue weighted by Gasteiger charge is 2.16. The number of rotatable bonds is 4. The molecule has 2 aromatic heterocycles. The Hall–Kier alpha value is -2.73. The average Bonchev–Trinajstić information content (AvgIpc) is 3.10. The summed E-state index contributed by atoms with van der Waals surface area (Å²) in [7, 11) is 0. The normalized spacial score (nSPS) is 15.3. The fraction of sp³-hybridized carbons (Fsp3) is 0.316. The molecule has 25 heavy (non-hydrogen) atoms. The molecule has 0 saturated carbocycles. The van der Waals surface area contributed by atoms with Crippen molar-refractivity contribution >= 4 is 17.7 Å². The van der Waals surface area contributed by atoms with E-state index in [2.05, 4.69) is 51.2 Å². The molecule has 6 heteroatoms. The lowest BCUT2D eigenvalue weighted by molar-refractivity contribution is 0.122. The molecule has 3 heterocycles. The summed E-state index contributed by atoms with van der Waals surface area (Å²) in [5.41, 5.74) is 4.14. The molecule has 0 amide bonds. The van der Waals surface area contributed by atoms with Gasteiger partial charge >= 0.3 is 0 Å². The number of hydrogen-bond acceptors (Lipinski definition) is 5. The lowest BCUT2D eigenvalue weighted by atomic mass is 10.1. The number of benzene rings is 1. The average molecular weight is 335 g/mol. The van der Waals surface area contributed by atoms with Crippen molar-refractivity contribution in [2.45, 2.75) is 13.5 Å². The Morgan fingerprint density at radius 3 is 2.92 bits per heavy atom. The van der Waals surface area contributed by atoms with Gasteiger partial charge in [0.25, 0.3) is 0 Å². The molecule has 0 bridgehead atoms. The van der Waals surface area contributed by atoms with Gasteiger partial charge in [-0.15, -0.1) is 0 Å². The van der Waals surface area contributed by atoms with Gasteiger partial charge in [-0.3, -0.25) is 4.99 Å². The Bertz CT molecular complexity index is 896. The van der Waals surface area contributed by atoms with Crippen molar-refractivity contribution in [3.8, 4) is 0 Å². The van der Waals surface area contributed by atoms with Gasteiger partial charge in [-0.1, -0.05) is 29.8 Å². The van der Waals surface area contributed by atoms with E-state index in [1.54, 1.807) is 6.20 Å². The maximum absolute atomic E-state index is 5.46. The minimum Gasteiger partial charge on any atom is -0.378 e. The smallest absolute Gasteiger partial charge is 0.157 e. The van der Waals surface area contributed by atoms with E-state index in [4.69, 9.17) is 4.74 Å². The highest BCUT2D eigenvalue weighted by Crippen LogP contribution is 2.19. The number of fused-ring (bicyclic) bond motifs is 1. The number of anilines is 1. The van der Waals surface area contributed by atoms with E-state index >= 15 is 0 Å². The van der Waals surface area contributed by atoms with Crippen LogP contribution in [0.5, 0.6) is 0 Å². The zero-order chi connectivity index (χ0) is 17.1. The van der Waals surface area contributed by atoms with E-state index in [0.29, 0.717) is 6.54 Å². The Labute approximate surface area is 146 Å². The topological polar surface area (TPSA) is 55.0 Å². The summed E-state index contributed by atoms with van der Waals surface area (Å²) in [5.74, 6) is 1.05. The minimum absolute atomic E-state index is 0.549. The highest BCUT2D eigenvalue weighted by atomic mass is 16.5. The van der Waals surface area contributed by atoms with Crippen LogP contribution >= 0.6 is 0 Å². The molecular formula is C19H21N5O. The van der Waals surface area contributed by atoms with Gasteiger partial charge < -0.3 is 9.64 Å². The summed E-state index contributed by atoms with van der Waals surface area (Å²) in [5, 5.41) is 4.41. The van der Waals surface area contributed by atoms with Crippen molar-refractivity contribution in [2.75, 3.05) is 31.2 Å². The molecule has 1 fully saturated rings. The third-order valence-electron chi connectivity index (χ3n) is 4.26. The van der Waals surface area contributed by atoms with Crippen LogP contribution in [-0.4, -0.2) is 47.1 Å². The van der Waals surface area contributed by atoms with E-state index in [-0.39, 0.29) is 0 Å². The molecule has 0 radical (unpaired) electrons. The molecule has 128 valence electrons. The Morgan fingerprint density at radius 2 is 2.08 bits per heavy atom. The van der Waals surface area contributed by atoms with Crippen LogP contribution < -0.4 is 4.90 Å². The second-order valence-electron chi connectivity index (χ2n) is 6.19. The molecule has 0 N–H and O–H groups in total. The van der Waals surface area contributed by atoms with Gasteiger partial charge in [-0.25, -0.2) is 4.98 Å². The zero-order valence-electron chi connectivity index (χ0n) is 14.3. The first-order valence-corrected chi connectivity index (χ1v) is 8.52. The predicted octanol–water partition coefficient (Wildman–Crippen LogP) is 2.49. The molecule has 1 aliphatic heterocycles. The third-order valence-corrected chi connectivity index (χ3v) is 4.26. The van der Waals surface area contributed by atoms with Crippen LogP contribution in [0.2, 0.25) is 0 Å². The van der Waals surface area contributed by atoms with Crippen molar-refractivity contribution in [1.29, 1.82) is 0 Å². The van der Waals surface area contributed by atoms with Gasteiger partial charge in [0.05, 0.1) is 31.6 Å². The fourth-order valence-electron chi connectivity index (χ4n) is 3.04. The summed E-state index contributed by atoms with van der Waals surface area (Å²) in [6.07, 6.45) is 3.69. The van der Waals surface area contributed by atoms with Crippen molar-refractivity contribution in [2.24, 2.45) is 4.99 Å². The summed E-state index contributed by atoms with van der Waals surface area (Å²) in [6, 6.07) is 12.3. The van der Waals surface area contributed by atoms with Gasteiger partial charge in [0, 0.05) is 31.4 Å². The maximum atomic E-state index is 5.46. The molecule has 6 nitrogen and oxygen atoms in total. The van der Waals surface area contributed by atoms with Gasteiger partial charge in [-0.2, -0.15) is 9.61 Å². The molecule has 1 aromatic carbocycles. The minimum atomic E-state index is 0.549. The van der Waals surface area contributed by atoms with Crippen LogP contribution in [0.15, 0.2) is 47.6 Å². The quantitative estimate of drug-likeness (QED) is 0.688. The number of aromatic nitrogens is 3. The number of aliphatic imine (C=N–C) groups is 1. The largest absolute Gasteiger partial charge is 0.378 e. The molecule has 4 rings (SSSR count). The lowest BCUT2D eigenvalue weighted by Crippen LogP contribution is -2.37. The zero-order valence-corrected chi connectivity index (χ0v) is 14.3. The van der Waals surface area contributed by atoms with E-state index in [0.717, 1.165) is 49.0 Å². The Morgan fingerprint density at radius 1 is 1.20 bits per heavy atom. The summed E-state index contributed by atoms with van der Waals surface area (Å²) in [4.78, 5) is 11.5. The van der Waals surface area contributed by atoms with Gasteiger partial charge in [0.2, 0.25) is 0 Å². The maximum Gasteiger partial charge on any atom is 0.157 e. The van der Waals surface area contributed by atoms with E-state index < -0.39 is 0 Å². The first-order chi connectivity index (χ1) is 12.3. The number of aryl methyl sites for hydroxylation is 1. The second kappa shape index (κ2) is 7.03. The standard InChI is InChI=1S/C19H21N5O/c1-15-3-2-4-16(11-15)13-20-14-17-12-19(23-7-9-25-10-8-23)24-18(22-17)5-6-21-24/h2-6,11-13H,7-10,14H2,1H3. The van der Waals surface area contributed by atoms with Crippen LogP contribution in [0.3, 0.4) is 0 Å². The Kier molecular flexibility index (Phi) is 4.43. The summed E-state index contributed by atoms with van der Waals surface area (Å²) < 4.78 is 7.35. The molecular weight excluding hydrogens is 314 g/mol. The van der Waals surface area contributed by atoms with Crippen LogP contribution in [0, 0.1) is 6.92 Å². The number of nitrogens with zero attached hydrogens (tertiary/aromatic N) is 5. The SMILES string of the molecule is Cc1cccc(C=NCc2cc(N3CCOCC3)n3nccc3n2)c1. The third kappa shape index (κ3) is 3.53. The first kappa shape index (κ1) is 15.8. The molecule has 0 aliphatic carbocycles. The first-order valence-electron chi connectivity index (χ1n) is 8.52. The van der Waals surface area contributed by atoms with E-state index in [9.17, 15) is 0 Å². The predicted molar refractivity (Wildman–Crippen MR) is 98.5 cm³/mol. The summed E-state index contributed by atoms with van der Waals surface area (Å²) in [6.45, 7) is 5.85. The monoisotopic (exact) mass is 335 g/mol. The lowest BCUT2D eigenvalue weighted by Gasteiger charge is -2.29. The van der Waals surface area contributed by atoms with Gasteiger partial charge in [0.15, 0.2) is 5.65 Å². The van der Waals surface area contributed by atoms with Crippen molar-refractivity contribution in [3.63, 3.8) is 0 Å². The van der Waals surface area contributed by atoms with Crippen LogP contribution in [0.4, 0.5) is 5.82 Å².